The minimum Gasteiger partial charge on any atom is -0.347 e. The molecule has 0 unspecified atom stereocenters. The van der Waals surface area contributed by atoms with Gasteiger partial charge >= 0.3 is 0 Å². The Labute approximate surface area is 108 Å². The van der Waals surface area contributed by atoms with Crippen LogP contribution in [0.5, 0.6) is 0 Å². The zero-order chi connectivity index (χ0) is 12.7. The van der Waals surface area contributed by atoms with E-state index in [1.54, 1.807) is 11.3 Å². The molecule has 5 heteroatoms. The summed E-state index contributed by atoms with van der Waals surface area (Å²) in [7, 11) is 0. The Morgan fingerprint density at radius 2 is 2.06 bits per heavy atom. The van der Waals surface area contributed by atoms with Crippen LogP contribution in [-0.2, 0) is 6.54 Å². The lowest BCUT2D eigenvalue weighted by molar-refractivity contribution is 0.751. The summed E-state index contributed by atoms with van der Waals surface area (Å²) in [4.78, 5) is 21.4. The number of hydrogen-bond donors (Lipinski definition) is 1. The third-order valence-corrected chi connectivity index (χ3v) is 4.19. The molecule has 18 heavy (non-hydrogen) atoms. The predicted octanol–water partition coefficient (Wildman–Crippen LogP) is 2.45. The zero-order valence-corrected chi connectivity index (χ0v) is 11.0. The molecule has 3 heterocycles. The van der Waals surface area contributed by atoms with Crippen molar-refractivity contribution in [2.24, 2.45) is 0 Å². The van der Waals surface area contributed by atoms with Crippen LogP contribution >= 0.6 is 11.3 Å². The average Bonchev–Trinajstić information content (AvgIpc) is 2.89. The molecule has 0 saturated heterocycles. The number of aromatic nitrogens is 3. The number of aromatic amines is 1. The van der Waals surface area contributed by atoms with Crippen molar-refractivity contribution < 1.29 is 0 Å². The summed E-state index contributed by atoms with van der Waals surface area (Å²) in [6, 6.07) is 3.91. The fraction of sp³-hybridized carbons (Fsp3) is 0.231. The summed E-state index contributed by atoms with van der Waals surface area (Å²) >= 11 is 1.58. The topological polar surface area (TPSA) is 50.7 Å². The lowest BCUT2D eigenvalue weighted by Gasteiger charge is -2.02. The van der Waals surface area contributed by atoms with Gasteiger partial charge in [-0.05, 0) is 31.5 Å². The summed E-state index contributed by atoms with van der Waals surface area (Å²) in [5.41, 5.74) is 1.00. The Morgan fingerprint density at radius 3 is 2.78 bits per heavy atom. The van der Waals surface area contributed by atoms with Crippen molar-refractivity contribution in [3.63, 3.8) is 0 Å². The maximum atomic E-state index is 12.1. The van der Waals surface area contributed by atoms with Crippen LogP contribution in [0.15, 0.2) is 29.3 Å². The number of nitrogens with one attached hydrogen (secondary N) is 1. The van der Waals surface area contributed by atoms with E-state index in [0.29, 0.717) is 12.4 Å². The first-order chi connectivity index (χ1) is 8.65. The maximum absolute atomic E-state index is 12.1. The van der Waals surface area contributed by atoms with Crippen molar-refractivity contribution in [1.82, 2.24) is 14.5 Å². The smallest absolute Gasteiger partial charge is 0.259 e. The molecule has 0 bridgehead atoms. The number of rotatable bonds is 2. The van der Waals surface area contributed by atoms with Gasteiger partial charge in [-0.1, -0.05) is 0 Å². The van der Waals surface area contributed by atoms with Gasteiger partial charge in [-0.15, -0.1) is 11.3 Å². The van der Waals surface area contributed by atoms with Gasteiger partial charge in [0.2, 0.25) is 0 Å². The Hall–Kier alpha value is -1.88. The van der Waals surface area contributed by atoms with Crippen molar-refractivity contribution in [3.8, 4) is 0 Å². The summed E-state index contributed by atoms with van der Waals surface area (Å²) in [5, 5.41) is 0.730. The van der Waals surface area contributed by atoms with Crippen molar-refractivity contribution in [1.29, 1.82) is 0 Å². The number of H-pyrrole nitrogens is 1. The van der Waals surface area contributed by atoms with Gasteiger partial charge in [0.1, 0.15) is 10.7 Å². The van der Waals surface area contributed by atoms with E-state index >= 15 is 0 Å². The van der Waals surface area contributed by atoms with E-state index in [2.05, 4.69) is 9.97 Å². The van der Waals surface area contributed by atoms with Crippen molar-refractivity contribution in [2.75, 3.05) is 0 Å². The third-order valence-electron chi connectivity index (χ3n) is 3.09. The highest BCUT2D eigenvalue weighted by Crippen LogP contribution is 2.25. The fourth-order valence-electron chi connectivity index (χ4n) is 2.02. The van der Waals surface area contributed by atoms with E-state index in [1.807, 2.05) is 42.9 Å². The van der Waals surface area contributed by atoms with Crippen LogP contribution in [0.1, 0.15) is 16.3 Å². The highest BCUT2D eigenvalue weighted by molar-refractivity contribution is 7.18. The first kappa shape index (κ1) is 11.2. The van der Waals surface area contributed by atoms with Crippen LogP contribution in [0.2, 0.25) is 0 Å². The first-order valence-electron chi connectivity index (χ1n) is 5.75. The molecule has 0 aromatic carbocycles. The van der Waals surface area contributed by atoms with Gasteiger partial charge in [0.25, 0.3) is 5.56 Å². The van der Waals surface area contributed by atoms with Crippen molar-refractivity contribution >= 4 is 21.6 Å². The van der Waals surface area contributed by atoms with Gasteiger partial charge < -0.3 is 9.55 Å². The first-order valence-corrected chi connectivity index (χ1v) is 6.56. The molecule has 3 rings (SSSR count). The van der Waals surface area contributed by atoms with Gasteiger partial charge in [0, 0.05) is 17.3 Å². The van der Waals surface area contributed by atoms with Crippen LogP contribution in [0, 0.1) is 13.8 Å². The maximum Gasteiger partial charge on any atom is 0.259 e. The minimum absolute atomic E-state index is 0.0380. The van der Waals surface area contributed by atoms with E-state index in [0.717, 1.165) is 20.7 Å². The lowest BCUT2D eigenvalue weighted by atomic mass is 10.2. The molecule has 0 spiro atoms. The normalized spacial score (nSPS) is 11.2. The number of aryl methyl sites for hydroxylation is 2. The molecular formula is C13H13N3OS. The van der Waals surface area contributed by atoms with E-state index in [-0.39, 0.29) is 5.56 Å². The molecule has 3 aromatic rings. The highest BCUT2D eigenvalue weighted by atomic mass is 32.1. The molecular weight excluding hydrogens is 246 g/mol. The van der Waals surface area contributed by atoms with Gasteiger partial charge in [-0.3, -0.25) is 4.79 Å². The standard InChI is InChI=1S/C13H13N3OS/c1-8-9(2)18-13-11(8)12(17)14-10(15-13)7-16-5-3-4-6-16/h3-6H,7H2,1-2H3,(H,14,15,17). The lowest BCUT2D eigenvalue weighted by Crippen LogP contribution is -2.13. The Bertz CT molecular complexity index is 752. The van der Waals surface area contributed by atoms with Gasteiger partial charge in [-0.2, -0.15) is 0 Å². The molecule has 0 atom stereocenters. The molecule has 0 aliphatic rings. The quantitative estimate of drug-likeness (QED) is 0.768. The predicted molar refractivity (Wildman–Crippen MR) is 73.2 cm³/mol. The number of hydrogen-bond acceptors (Lipinski definition) is 3. The van der Waals surface area contributed by atoms with Crippen LogP contribution in [0.3, 0.4) is 0 Å². The monoisotopic (exact) mass is 259 g/mol. The summed E-state index contributed by atoms with van der Waals surface area (Å²) in [5.74, 6) is 0.699. The molecule has 0 aliphatic heterocycles. The second kappa shape index (κ2) is 4.10. The van der Waals surface area contributed by atoms with Crippen LogP contribution < -0.4 is 5.56 Å². The Kier molecular flexibility index (Phi) is 2.56. The largest absolute Gasteiger partial charge is 0.347 e. The number of nitrogens with zero attached hydrogens (tertiary/aromatic N) is 2. The van der Waals surface area contributed by atoms with E-state index in [1.165, 1.54) is 0 Å². The van der Waals surface area contributed by atoms with Crippen molar-refractivity contribution in [2.45, 2.75) is 20.4 Å². The van der Waals surface area contributed by atoms with Crippen LogP contribution in [-0.4, -0.2) is 14.5 Å². The molecule has 92 valence electrons. The molecule has 0 fully saturated rings. The van der Waals surface area contributed by atoms with Crippen LogP contribution in [0.4, 0.5) is 0 Å². The third kappa shape index (κ3) is 1.76. The highest BCUT2D eigenvalue weighted by Gasteiger charge is 2.11. The van der Waals surface area contributed by atoms with Crippen LogP contribution in [0.25, 0.3) is 10.2 Å². The van der Waals surface area contributed by atoms with E-state index < -0.39 is 0 Å². The van der Waals surface area contributed by atoms with Gasteiger partial charge in [0.05, 0.1) is 11.9 Å². The Morgan fingerprint density at radius 1 is 1.33 bits per heavy atom. The fourth-order valence-corrected chi connectivity index (χ4v) is 3.07. The summed E-state index contributed by atoms with van der Waals surface area (Å²) in [6.07, 6.45) is 3.91. The van der Waals surface area contributed by atoms with Gasteiger partial charge in [0.15, 0.2) is 0 Å². The minimum atomic E-state index is -0.0380. The second-order valence-electron chi connectivity index (χ2n) is 4.33. The average molecular weight is 259 g/mol. The zero-order valence-electron chi connectivity index (χ0n) is 10.2. The number of thiophene rings is 1. The van der Waals surface area contributed by atoms with Gasteiger partial charge in [-0.25, -0.2) is 4.98 Å². The van der Waals surface area contributed by atoms with E-state index in [9.17, 15) is 4.79 Å². The summed E-state index contributed by atoms with van der Waals surface area (Å²) < 4.78 is 1.98. The molecule has 0 radical (unpaired) electrons. The molecule has 0 amide bonds. The second-order valence-corrected chi connectivity index (χ2v) is 5.53. The molecule has 1 N–H and O–H groups in total. The molecule has 3 aromatic heterocycles. The molecule has 4 nitrogen and oxygen atoms in total. The number of fused-ring (bicyclic) bond motifs is 1. The molecule has 0 saturated carbocycles. The summed E-state index contributed by atoms with van der Waals surface area (Å²) in [6.45, 7) is 4.58. The van der Waals surface area contributed by atoms with E-state index in [4.69, 9.17) is 0 Å². The Balaban J connectivity index is 2.13. The van der Waals surface area contributed by atoms with Crippen molar-refractivity contribution in [3.05, 3.63) is 51.1 Å². The molecule has 0 aliphatic carbocycles. The SMILES string of the molecule is Cc1sc2nc(Cn3cccc3)[nH]c(=O)c2c1C.